The minimum Gasteiger partial charge on any atom is -0.390 e. The van der Waals surface area contributed by atoms with Gasteiger partial charge in [0, 0.05) is 13.0 Å². The Kier molecular flexibility index (Phi) is 2.85. The van der Waals surface area contributed by atoms with Crippen molar-refractivity contribution in [2.24, 2.45) is 0 Å². The Hall–Kier alpha value is -0.410. The zero-order valence-corrected chi connectivity index (χ0v) is 7.67. The number of Topliss-reactive ketones (excluding diaryl/α,β-unsaturated/α-hetero) is 1. The van der Waals surface area contributed by atoms with Crippen molar-refractivity contribution in [1.29, 1.82) is 0 Å². The maximum atomic E-state index is 11.4. The fourth-order valence-electron chi connectivity index (χ4n) is 1.55. The molecule has 0 aromatic rings. The molecule has 0 saturated carbocycles. The number of ether oxygens (including phenoxy) is 1. The van der Waals surface area contributed by atoms with Crippen LogP contribution in [0.5, 0.6) is 0 Å². The van der Waals surface area contributed by atoms with Gasteiger partial charge < -0.3 is 9.84 Å². The zero-order valence-electron chi connectivity index (χ0n) is 7.67. The van der Waals surface area contributed by atoms with Crippen molar-refractivity contribution in [2.75, 3.05) is 6.61 Å². The van der Waals surface area contributed by atoms with Gasteiger partial charge >= 0.3 is 0 Å². The van der Waals surface area contributed by atoms with E-state index in [1.54, 1.807) is 13.8 Å². The summed E-state index contributed by atoms with van der Waals surface area (Å²) in [4.78, 5) is 11.4. The second-order valence-electron chi connectivity index (χ2n) is 3.39. The van der Waals surface area contributed by atoms with E-state index in [0.29, 0.717) is 19.4 Å². The molecule has 0 unspecified atom stereocenters. The summed E-state index contributed by atoms with van der Waals surface area (Å²) in [6, 6.07) is 0. The van der Waals surface area contributed by atoms with Gasteiger partial charge in [-0.3, -0.25) is 4.79 Å². The van der Waals surface area contributed by atoms with Crippen molar-refractivity contribution in [3.63, 3.8) is 0 Å². The summed E-state index contributed by atoms with van der Waals surface area (Å²) < 4.78 is 5.33. The number of carbonyl (C=O) groups excluding carboxylic acids is 1. The predicted octanol–water partition coefficient (Wildman–Crippen LogP) is 0.895. The predicted molar refractivity (Wildman–Crippen MR) is 44.9 cm³/mol. The molecule has 70 valence electrons. The van der Waals surface area contributed by atoms with Crippen LogP contribution >= 0.6 is 0 Å². The normalized spacial score (nSPS) is 36.4. The molecule has 1 saturated heterocycles. The zero-order chi connectivity index (χ0) is 9.19. The SMILES string of the molecule is CCC(=O)[C@]1(C)OCCC[C@@H]1O. The fraction of sp³-hybridized carbons (Fsp3) is 0.889. The third-order valence-electron chi connectivity index (χ3n) is 2.53. The molecule has 0 bridgehead atoms. The summed E-state index contributed by atoms with van der Waals surface area (Å²) in [6.45, 7) is 4.06. The van der Waals surface area contributed by atoms with Gasteiger partial charge in [-0.25, -0.2) is 0 Å². The maximum Gasteiger partial charge on any atom is 0.166 e. The molecule has 12 heavy (non-hydrogen) atoms. The minimum atomic E-state index is -0.937. The highest BCUT2D eigenvalue weighted by atomic mass is 16.5. The molecule has 1 N–H and O–H groups in total. The second kappa shape index (κ2) is 3.54. The molecule has 0 aromatic heterocycles. The highest BCUT2D eigenvalue weighted by molar-refractivity contribution is 5.87. The number of ketones is 1. The average molecular weight is 172 g/mol. The van der Waals surface area contributed by atoms with Crippen LogP contribution in [0, 0.1) is 0 Å². The van der Waals surface area contributed by atoms with E-state index >= 15 is 0 Å². The third-order valence-corrected chi connectivity index (χ3v) is 2.53. The van der Waals surface area contributed by atoms with Crippen LogP contribution in [0.3, 0.4) is 0 Å². The standard InChI is InChI=1S/C9H16O3/c1-3-7(10)9(2)8(11)5-4-6-12-9/h8,11H,3-6H2,1-2H3/t8-,9-/m0/s1. The number of hydrogen-bond donors (Lipinski definition) is 1. The van der Waals surface area contributed by atoms with Crippen LogP contribution in [0.4, 0.5) is 0 Å². The van der Waals surface area contributed by atoms with Crippen molar-refractivity contribution < 1.29 is 14.6 Å². The van der Waals surface area contributed by atoms with E-state index in [2.05, 4.69) is 0 Å². The number of rotatable bonds is 2. The summed E-state index contributed by atoms with van der Waals surface area (Å²) in [6.07, 6.45) is 1.31. The lowest BCUT2D eigenvalue weighted by molar-refractivity contribution is -0.170. The number of aliphatic hydroxyl groups excluding tert-OH is 1. The monoisotopic (exact) mass is 172 g/mol. The average Bonchev–Trinajstić information content (AvgIpc) is 2.09. The molecule has 1 rings (SSSR count). The van der Waals surface area contributed by atoms with E-state index in [9.17, 15) is 9.90 Å². The Morgan fingerprint density at radius 1 is 1.75 bits per heavy atom. The number of hydrogen-bond acceptors (Lipinski definition) is 3. The van der Waals surface area contributed by atoms with Crippen molar-refractivity contribution in [1.82, 2.24) is 0 Å². The number of carbonyl (C=O) groups is 1. The molecule has 2 atom stereocenters. The fourth-order valence-corrected chi connectivity index (χ4v) is 1.55. The van der Waals surface area contributed by atoms with Gasteiger partial charge in [0.2, 0.25) is 0 Å². The Morgan fingerprint density at radius 3 is 2.92 bits per heavy atom. The maximum absolute atomic E-state index is 11.4. The van der Waals surface area contributed by atoms with Gasteiger partial charge in [-0.15, -0.1) is 0 Å². The molecule has 0 amide bonds. The second-order valence-corrected chi connectivity index (χ2v) is 3.39. The van der Waals surface area contributed by atoms with Crippen LogP contribution < -0.4 is 0 Å². The third kappa shape index (κ3) is 1.52. The first-order valence-corrected chi connectivity index (χ1v) is 4.46. The lowest BCUT2D eigenvalue weighted by Gasteiger charge is -2.36. The largest absolute Gasteiger partial charge is 0.390 e. The van der Waals surface area contributed by atoms with E-state index in [-0.39, 0.29) is 5.78 Å². The molecule has 1 fully saturated rings. The van der Waals surface area contributed by atoms with E-state index < -0.39 is 11.7 Å². The summed E-state index contributed by atoms with van der Waals surface area (Å²) in [7, 11) is 0. The molecule has 0 aromatic carbocycles. The molecule has 0 aliphatic carbocycles. The van der Waals surface area contributed by atoms with E-state index in [1.807, 2.05) is 0 Å². The van der Waals surface area contributed by atoms with Crippen molar-refractivity contribution in [2.45, 2.75) is 44.8 Å². The highest BCUT2D eigenvalue weighted by Crippen LogP contribution is 2.26. The van der Waals surface area contributed by atoms with Crippen LogP contribution in [0.2, 0.25) is 0 Å². The van der Waals surface area contributed by atoms with Crippen LogP contribution in [-0.2, 0) is 9.53 Å². The highest BCUT2D eigenvalue weighted by Gasteiger charge is 2.42. The van der Waals surface area contributed by atoms with Crippen LogP contribution in [0.15, 0.2) is 0 Å². The van der Waals surface area contributed by atoms with Crippen LogP contribution in [0.25, 0.3) is 0 Å². The molecule has 1 aliphatic heterocycles. The molecular formula is C9H16O3. The van der Waals surface area contributed by atoms with Gasteiger partial charge in [-0.1, -0.05) is 6.92 Å². The quantitative estimate of drug-likeness (QED) is 0.673. The van der Waals surface area contributed by atoms with Gasteiger partial charge in [0.1, 0.15) is 5.60 Å². The van der Waals surface area contributed by atoms with Crippen molar-refractivity contribution >= 4 is 5.78 Å². The Morgan fingerprint density at radius 2 is 2.42 bits per heavy atom. The molecular weight excluding hydrogens is 156 g/mol. The van der Waals surface area contributed by atoms with E-state index in [1.165, 1.54) is 0 Å². The van der Waals surface area contributed by atoms with E-state index in [0.717, 1.165) is 6.42 Å². The first kappa shape index (κ1) is 9.68. The lowest BCUT2D eigenvalue weighted by atomic mass is 9.87. The topological polar surface area (TPSA) is 46.5 Å². The molecule has 1 aliphatic rings. The van der Waals surface area contributed by atoms with E-state index in [4.69, 9.17) is 4.74 Å². The minimum absolute atomic E-state index is 0.00491. The Bertz CT molecular complexity index is 179. The Balaban J connectivity index is 2.72. The molecule has 1 heterocycles. The molecule has 3 heteroatoms. The van der Waals surface area contributed by atoms with Crippen molar-refractivity contribution in [3.05, 3.63) is 0 Å². The lowest BCUT2D eigenvalue weighted by Crippen LogP contribution is -2.51. The van der Waals surface area contributed by atoms with Gasteiger partial charge in [-0.2, -0.15) is 0 Å². The summed E-state index contributed by atoms with van der Waals surface area (Å²) in [5, 5.41) is 9.58. The van der Waals surface area contributed by atoms with Gasteiger partial charge in [-0.05, 0) is 19.8 Å². The first-order valence-electron chi connectivity index (χ1n) is 4.46. The summed E-state index contributed by atoms with van der Waals surface area (Å²) in [5.41, 5.74) is -0.937. The summed E-state index contributed by atoms with van der Waals surface area (Å²) in [5.74, 6) is -0.00491. The Labute approximate surface area is 72.7 Å². The smallest absolute Gasteiger partial charge is 0.166 e. The number of aliphatic hydroxyl groups is 1. The van der Waals surface area contributed by atoms with Gasteiger partial charge in [0.25, 0.3) is 0 Å². The molecule has 0 spiro atoms. The van der Waals surface area contributed by atoms with Gasteiger partial charge in [0.05, 0.1) is 6.10 Å². The van der Waals surface area contributed by atoms with Crippen molar-refractivity contribution in [3.8, 4) is 0 Å². The summed E-state index contributed by atoms with van der Waals surface area (Å²) >= 11 is 0. The first-order chi connectivity index (χ1) is 5.61. The van der Waals surface area contributed by atoms with Crippen LogP contribution in [-0.4, -0.2) is 29.2 Å². The van der Waals surface area contributed by atoms with Gasteiger partial charge in [0.15, 0.2) is 5.78 Å². The molecule has 0 radical (unpaired) electrons. The molecule has 3 nitrogen and oxygen atoms in total. The van der Waals surface area contributed by atoms with Crippen LogP contribution in [0.1, 0.15) is 33.1 Å².